The minimum atomic E-state index is 1.11. The summed E-state index contributed by atoms with van der Waals surface area (Å²) < 4.78 is 2.60. The number of anilines is 3. The zero-order valence-electron chi connectivity index (χ0n) is 29.6. The van der Waals surface area contributed by atoms with Crippen LogP contribution in [0.15, 0.2) is 212 Å². The summed E-state index contributed by atoms with van der Waals surface area (Å²) in [5.74, 6) is 0. The predicted molar refractivity (Wildman–Crippen MR) is 233 cm³/mol. The average molecular weight is 706 g/mol. The molecular weight excluding hydrogens is 671 g/mol. The lowest BCUT2D eigenvalue weighted by Gasteiger charge is -2.26. The third-order valence-corrected chi connectivity index (χ3v) is 11.6. The van der Waals surface area contributed by atoms with E-state index in [0.717, 1.165) is 17.1 Å². The van der Waals surface area contributed by atoms with Gasteiger partial charge < -0.3 is 4.90 Å². The lowest BCUT2D eigenvalue weighted by atomic mass is 9.99. The molecule has 0 aliphatic heterocycles. The fourth-order valence-electron chi connectivity index (χ4n) is 7.72. The molecule has 0 saturated carbocycles. The molecule has 1 nitrogen and oxygen atoms in total. The van der Waals surface area contributed by atoms with Gasteiger partial charge in [0, 0.05) is 37.2 Å². The molecule has 10 rings (SSSR count). The molecule has 0 amide bonds. The van der Waals surface area contributed by atoms with Gasteiger partial charge in [-0.2, -0.15) is 0 Å². The molecule has 0 aliphatic carbocycles. The number of benzene rings is 9. The zero-order chi connectivity index (χ0) is 35.8. The van der Waals surface area contributed by atoms with Crippen LogP contribution in [0.2, 0.25) is 0 Å². The standard InChI is InChI=1S/C52H35NS/c1-3-10-36(11-4-1)38-18-20-40(21-19-38)41-26-29-45(30-27-41)53(46-16-9-15-44(34-46)42-24-22-39(23-25-42)37-12-5-2-6-13-37)47-31-32-49-51(35-47)54-50-33-28-43-14-7-8-17-48(43)52(49)50/h1-35H. The molecule has 1 heterocycles. The van der Waals surface area contributed by atoms with E-state index >= 15 is 0 Å². The number of hydrogen-bond donors (Lipinski definition) is 0. The Morgan fingerprint density at radius 3 is 1.39 bits per heavy atom. The average Bonchev–Trinajstić information content (AvgIpc) is 3.64. The minimum absolute atomic E-state index is 1.11. The van der Waals surface area contributed by atoms with E-state index in [4.69, 9.17) is 0 Å². The molecule has 0 N–H and O–H groups in total. The summed E-state index contributed by atoms with van der Waals surface area (Å²) >= 11 is 1.87. The second-order valence-corrected chi connectivity index (χ2v) is 14.8. The molecule has 254 valence electrons. The smallest absolute Gasteiger partial charge is 0.0476 e. The van der Waals surface area contributed by atoms with Gasteiger partial charge in [0.1, 0.15) is 0 Å². The van der Waals surface area contributed by atoms with E-state index in [0.29, 0.717) is 0 Å². The molecule has 54 heavy (non-hydrogen) atoms. The van der Waals surface area contributed by atoms with E-state index in [1.807, 2.05) is 11.3 Å². The third-order valence-electron chi connectivity index (χ3n) is 10.5. The van der Waals surface area contributed by atoms with Crippen molar-refractivity contribution in [1.82, 2.24) is 0 Å². The maximum absolute atomic E-state index is 2.39. The van der Waals surface area contributed by atoms with Crippen LogP contribution in [-0.4, -0.2) is 0 Å². The van der Waals surface area contributed by atoms with E-state index < -0.39 is 0 Å². The van der Waals surface area contributed by atoms with Crippen molar-refractivity contribution in [2.24, 2.45) is 0 Å². The van der Waals surface area contributed by atoms with Crippen molar-refractivity contribution in [1.29, 1.82) is 0 Å². The first-order valence-corrected chi connectivity index (χ1v) is 19.2. The van der Waals surface area contributed by atoms with E-state index in [1.54, 1.807) is 0 Å². The van der Waals surface area contributed by atoms with E-state index in [1.165, 1.54) is 75.5 Å². The third kappa shape index (κ3) is 5.93. The van der Waals surface area contributed by atoms with Gasteiger partial charge in [0.15, 0.2) is 0 Å². The molecule has 0 radical (unpaired) electrons. The van der Waals surface area contributed by atoms with Gasteiger partial charge in [-0.15, -0.1) is 11.3 Å². The summed E-state index contributed by atoms with van der Waals surface area (Å²) in [7, 11) is 0. The van der Waals surface area contributed by atoms with Crippen molar-refractivity contribution in [3.63, 3.8) is 0 Å². The highest BCUT2D eigenvalue weighted by Crippen LogP contribution is 2.43. The van der Waals surface area contributed by atoms with Gasteiger partial charge >= 0.3 is 0 Å². The van der Waals surface area contributed by atoms with Crippen LogP contribution in [0.3, 0.4) is 0 Å². The van der Waals surface area contributed by atoms with Gasteiger partial charge in [0.05, 0.1) is 0 Å². The molecule has 0 atom stereocenters. The highest BCUT2D eigenvalue weighted by molar-refractivity contribution is 7.26. The van der Waals surface area contributed by atoms with Crippen molar-refractivity contribution in [3.05, 3.63) is 212 Å². The summed E-state index contributed by atoms with van der Waals surface area (Å²) in [5.41, 5.74) is 13.0. The molecule has 0 aliphatic rings. The summed E-state index contributed by atoms with van der Waals surface area (Å²) in [5, 5.41) is 5.23. The largest absolute Gasteiger partial charge is 0.310 e. The normalized spacial score (nSPS) is 11.3. The lowest BCUT2D eigenvalue weighted by Crippen LogP contribution is -2.09. The van der Waals surface area contributed by atoms with Crippen LogP contribution in [0.1, 0.15) is 0 Å². The Morgan fingerprint density at radius 2 is 0.759 bits per heavy atom. The number of hydrogen-bond acceptors (Lipinski definition) is 2. The molecule has 0 fully saturated rings. The molecule has 2 heteroatoms. The molecule has 0 unspecified atom stereocenters. The molecule has 10 aromatic rings. The first kappa shape index (κ1) is 32.0. The highest BCUT2D eigenvalue weighted by atomic mass is 32.1. The van der Waals surface area contributed by atoms with Crippen LogP contribution < -0.4 is 4.90 Å². The maximum atomic E-state index is 2.39. The Kier molecular flexibility index (Phi) is 8.09. The van der Waals surface area contributed by atoms with Crippen molar-refractivity contribution in [2.75, 3.05) is 4.90 Å². The second-order valence-electron chi connectivity index (χ2n) is 13.8. The molecule has 1 aromatic heterocycles. The van der Waals surface area contributed by atoms with E-state index in [2.05, 4.69) is 217 Å². The lowest BCUT2D eigenvalue weighted by molar-refractivity contribution is 1.29. The number of rotatable bonds is 7. The molecular formula is C52H35NS. The van der Waals surface area contributed by atoms with E-state index in [-0.39, 0.29) is 0 Å². The first-order chi connectivity index (χ1) is 26.7. The summed E-state index contributed by atoms with van der Waals surface area (Å²) in [6.45, 7) is 0. The van der Waals surface area contributed by atoms with Gasteiger partial charge in [0.25, 0.3) is 0 Å². The molecule has 9 aromatic carbocycles. The molecule has 0 saturated heterocycles. The van der Waals surface area contributed by atoms with E-state index in [9.17, 15) is 0 Å². The second kappa shape index (κ2) is 13.7. The van der Waals surface area contributed by atoms with Crippen molar-refractivity contribution in [3.8, 4) is 44.5 Å². The van der Waals surface area contributed by atoms with Crippen LogP contribution in [-0.2, 0) is 0 Å². The minimum Gasteiger partial charge on any atom is -0.310 e. The van der Waals surface area contributed by atoms with Gasteiger partial charge in [-0.3, -0.25) is 0 Å². The summed E-state index contributed by atoms with van der Waals surface area (Å²) in [6.07, 6.45) is 0. The Hall–Kier alpha value is -6.74. The topological polar surface area (TPSA) is 3.24 Å². The molecule has 0 spiro atoms. The van der Waals surface area contributed by atoms with Crippen LogP contribution in [0.25, 0.3) is 75.5 Å². The number of thiophene rings is 1. The summed E-state index contributed by atoms with van der Waals surface area (Å²) in [4.78, 5) is 2.39. The number of fused-ring (bicyclic) bond motifs is 5. The molecule has 0 bridgehead atoms. The fraction of sp³-hybridized carbons (Fsp3) is 0. The quantitative estimate of drug-likeness (QED) is 0.160. The van der Waals surface area contributed by atoms with Gasteiger partial charge in [-0.25, -0.2) is 0 Å². The SMILES string of the molecule is c1ccc(-c2ccc(-c3ccc(N(c4cccc(-c5ccc(-c6ccccc6)cc5)c4)c4ccc5c(c4)sc4ccc6ccccc6c45)cc3)cc2)cc1. The Bertz CT molecular complexity index is 2890. The van der Waals surface area contributed by atoms with Crippen molar-refractivity contribution >= 4 is 59.3 Å². The van der Waals surface area contributed by atoms with Gasteiger partial charge in [-0.1, -0.05) is 170 Å². The Labute approximate surface area is 319 Å². The van der Waals surface area contributed by atoms with Crippen LogP contribution >= 0.6 is 11.3 Å². The van der Waals surface area contributed by atoms with Crippen LogP contribution in [0.5, 0.6) is 0 Å². The fourth-order valence-corrected chi connectivity index (χ4v) is 8.87. The monoisotopic (exact) mass is 705 g/mol. The Balaban J connectivity index is 1.05. The van der Waals surface area contributed by atoms with Crippen LogP contribution in [0, 0.1) is 0 Å². The Morgan fingerprint density at radius 1 is 0.278 bits per heavy atom. The van der Waals surface area contributed by atoms with Gasteiger partial charge in [0.2, 0.25) is 0 Å². The predicted octanol–water partition coefficient (Wildman–Crippen LogP) is 15.3. The maximum Gasteiger partial charge on any atom is 0.0476 e. The summed E-state index contributed by atoms with van der Waals surface area (Å²) in [6, 6.07) is 77.0. The number of nitrogens with zero attached hydrogens (tertiary/aromatic N) is 1. The highest BCUT2D eigenvalue weighted by Gasteiger charge is 2.17. The van der Waals surface area contributed by atoms with Crippen molar-refractivity contribution in [2.45, 2.75) is 0 Å². The van der Waals surface area contributed by atoms with Crippen LogP contribution in [0.4, 0.5) is 17.1 Å². The zero-order valence-corrected chi connectivity index (χ0v) is 30.4. The van der Waals surface area contributed by atoms with Gasteiger partial charge in [-0.05, 0) is 97.7 Å². The first-order valence-electron chi connectivity index (χ1n) is 18.4. The van der Waals surface area contributed by atoms with Crippen molar-refractivity contribution < 1.29 is 0 Å².